The number of rotatable bonds is 9. The number of nitrogens with one attached hydrogen (secondary N) is 1. The van der Waals surface area contributed by atoms with E-state index >= 15 is 0 Å². The van der Waals surface area contributed by atoms with Gasteiger partial charge in [-0.05, 0) is 78.6 Å². The Kier molecular flexibility index (Phi) is 6.04. The van der Waals surface area contributed by atoms with Crippen LogP contribution in [0.2, 0.25) is 0 Å². The summed E-state index contributed by atoms with van der Waals surface area (Å²) in [6.45, 7) is 6.95. The standard InChI is InChI=1S/C17H32N4/c1-17(14-18,19-16-6-7-16)9-4-5-10-20(2)12-15-8-11-21(3)13-15/h15-16,19H,4-13H2,1-3H3. The van der Waals surface area contributed by atoms with Crippen molar-refractivity contribution in [2.24, 2.45) is 5.92 Å². The molecule has 2 unspecified atom stereocenters. The van der Waals surface area contributed by atoms with Gasteiger partial charge in [-0.3, -0.25) is 5.32 Å². The van der Waals surface area contributed by atoms with E-state index in [4.69, 9.17) is 0 Å². The van der Waals surface area contributed by atoms with Gasteiger partial charge in [-0.25, -0.2) is 0 Å². The molecule has 0 amide bonds. The Morgan fingerprint density at radius 1 is 1.33 bits per heavy atom. The third-order valence-electron chi connectivity index (χ3n) is 4.87. The van der Waals surface area contributed by atoms with E-state index in [1.165, 1.54) is 45.3 Å². The Morgan fingerprint density at radius 2 is 2.10 bits per heavy atom. The normalized spacial score (nSPS) is 26.0. The maximum Gasteiger partial charge on any atom is 0.104 e. The average Bonchev–Trinajstić information content (AvgIpc) is 3.16. The summed E-state index contributed by atoms with van der Waals surface area (Å²) in [7, 11) is 4.46. The van der Waals surface area contributed by atoms with Crippen molar-refractivity contribution in [3.63, 3.8) is 0 Å². The molecule has 4 nitrogen and oxygen atoms in total. The van der Waals surface area contributed by atoms with E-state index in [2.05, 4.69) is 42.2 Å². The smallest absolute Gasteiger partial charge is 0.104 e. The number of hydrogen-bond acceptors (Lipinski definition) is 4. The summed E-state index contributed by atoms with van der Waals surface area (Å²) in [5, 5.41) is 12.8. The van der Waals surface area contributed by atoms with Gasteiger partial charge in [0.15, 0.2) is 0 Å². The molecule has 2 atom stereocenters. The van der Waals surface area contributed by atoms with Crippen LogP contribution in [0.15, 0.2) is 0 Å². The van der Waals surface area contributed by atoms with Crippen molar-refractivity contribution in [2.45, 2.75) is 57.0 Å². The van der Waals surface area contributed by atoms with Gasteiger partial charge in [0, 0.05) is 19.1 Å². The second-order valence-corrected chi connectivity index (χ2v) is 7.50. The maximum absolute atomic E-state index is 9.36. The summed E-state index contributed by atoms with van der Waals surface area (Å²) < 4.78 is 0. The van der Waals surface area contributed by atoms with Crippen LogP contribution in [0, 0.1) is 17.2 Å². The molecule has 1 heterocycles. The molecule has 2 rings (SSSR count). The van der Waals surface area contributed by atoms with Crippen molar-refractivity contribution in [3.05, 3.63) is 0 Å². The molecule has 2 aliphatic rings. The highest BCUT2D eigenvalue weighted by Crippen LogP contribution is 2.24. The van der Waals surface area contributed by atoms with E-state index in [9.17, 15) is 5.26 Å². The van der Waals surface area contributed by atoms with E-state index in [0.717, 1.165) is 25.3 Å². The van der Waals surface area contributed by atoms with Crippen molar-refractivity contribution in [3.8, 4) is 6.07 Å². The summed E-state index contributed by atoms with van der Waals surface area (Å²) in [6, 6.07) is 3.08. The molecule has 4 heteroatoms. The molecule has 1 saturated carbocycles. The largest absolute Gasteiger partial charge is 0.306 e. The van der Waals surface area contributed by atoms with E-state index in [-0.39, 0.29) is 5.54 Å². The second-order valence-electron chi connectivity index (χ2n) is 7.50. The SMILES string of the molecule is CN(CCCCC(C)(C#N)NC1CC1)CC1CCN(C)C1. The molecule has 0 bridgehead atoms. The quantitative estimate of drug-likeness (QED) is 0.661. The van der Waals surface area contributed by atoms with Gasteiger partial charge in [0.05, 0.1) is 6.07 Å². The minimum atomic E-state index is -0.312. The van der Waals surface area contributed by atoms with Gasteiger partial charge in [-0.15, -0.1) is 0 Å². The van der Waals surface area contributed by atoms with Crippen LogP contribution in [0.3, 0.4) is 0 Å². The van der Waals surface area contributed by atoms with Crippen molar-refractivity contribution >= 4 is 0 Å². The van der Waals surface area contributed by atoms with Crippen LogP contribution in [0.25, 0.3) is 0 Å². The average molecular weight is 292 g/mol. The van der Waals surface area contributed by atoms with Crippen molar-refractivity contribution in [1.82, 2.24) is 15.1 Å². The van der Waals surface area contributed by atoms with Crippen LogP contribution in [-0.2, 0) is 0 Å². The monoisotopic (exact) mass is 292 g/mol. The first kappa shape index (κ1) is 16.7. The molecule has 0 radical (unpaired) electrons. The predicted octanol–water partition coefficient (Wildman–Crippen LogP) is 2.07. The van der Waals surface area contributed by atoms with E-state index < -0.39 is 0 Å². The van der Waals surface area contributed by atoms with Gasteiger partial charge in [-0.1, -0.05) is 0 Å². The minimum Gasteiger partial charge on any atom is -0.306 e. The number of nitriles is 1. The molecule has 1 aliphatic heterocycles. The summed E-state index contributed by atoms with van der Waals surface area (Å²) in [4.78, 5) is 4.91. The zero-order valence-corrected chi connectivity index (χ0v) is 14.1. The minimum absolute atomic E-state index is 0.312. The fourth-order valence-corrected chi connectivity index (χ4v) is 3.41. The van der Waals surface area contributed by atoms with Gasteiger partial charge in [0.2, 0.25) is 0 Å². The van der Waals surface area contributed by atoms with Crippen molar-refractivity contribution in [2.75, 3.05) is 40.3 Å². The lowest BCUT2D eigenvalue weighted by atomic mass is 9.96. The third kappa shape index (κ3) is 5.94. The first-order chi connectivity index (χ1) is 10.0. The molecule has 0 spiro atoms. The third-order valence-corrected chi connectivity index (χ3v) is 4.87. The van der Waals surface area contributed by atoms with Gasteiger partial charge in [0.1, 0.15) is 5.54 Å². The number of hydrogen-bond donors (Lipinski definition) is 1. The van der Waals surface area contributed by atoms with Crippen LogP contribution >= 0.6 is 0 Å². The van der Waals surface area contributed by atoms with Crippen LogP contribution in [0.4, 0.5) is 0 Å². The lowest BCUT2D eigenvalue weighted by Gasteiger charge is -2.24. The van der Waals surface area contributed by atoms with Crippen molar-refractivity contribution < 1.29 is 0 Å². The lowest BCUT2D eigenvalue weighted by molar-refractivity contribution is 0.264. The Bertz CT molecular complexity index is 360. The topological polar surface area (TPSA) is 42.3 Å². The Hall–Kier alpha value is -0.630. The zero-order chi connectivity index (χ0) is 15.3. The maximum atomic E-state index is 9.36. The fourth-order valence-electron chi connectivity index (χ4n) is 3.41. The summed E-state index contributed by atoms with van der Waals surface area (Å²) >= 11 is 0. The number of unbranched alkanes of at least 4 members (excludes halogenated alkanes) is 1. The molecule has 0 aromatic carbocycles. The molecule has 1 N–H and O–H groups in total. The molecule has 21 heavy (non-hydrogen) atoms. The highest BCUT2D eigenvalue weighted by molar-refractivity contribution is 5.06. The summed E-state index contributed by atoms with van der Waals surface area (Å²) in [5.74, 6) is 0.848. The van der Waals surface area contributed by atoms with E-state index in [1.807, 2.05) is 0 Å². The molecule has 0 aromatic rings. The van der Waals surface area contributed by atoms with Gasteiger partial charge < -0.3 is 9.80 Å². The molecular weight excluding hydrogens is 260 g/mol. The Labute approximate surface area is 130 Å². The van der Waals surface area contributed by atoms with Gasteiger partial charge in [0.25, 0.3) is 0 Å². The molecule has 1 aliphatic carbocycles. The van der Waals surface area contributed by atoms with E-state index in [0.29, 0.717) is 6.04 Å². The highest BCUT2D eigenvalue weighted by atomic mass is 15.1. The second kappa shape index (κ2) is 7.58. The van der Waals surface area contributed by atoms with Crippen LogP contribution in [0.5, 0.6) is 0 Å². The molecular formula is C17H32N4. The first-order valence-electron chi connectivity index (χ1n) is 8.57. The van der Waals surface area contributed by atoms with Gasteiger partial charge in [-0.2, -0.15) is 5.26 Å². The van der Waals surface area contributed by atoms with Crippen LogP contribution < -0.4 is 5.32 Å². The van der Waals surface area contributed by atoms with E-state index in [1.54, 1.807) is 0 Å². The lowest BCUT2D eigenvalue weighted by Crippen LogP contribution is -2.42. The Balaban J connectivity index is 1.56. The zero-order valence-electron chi connectivity index (χ0n) is 14.1. The molecule has 1 saturated heterocycles. The predicted molar refractivity (Wildman–Crippen MR) is 87.1 cm³/mol. The van der Waals surface area contributed by atoms with Crippen LogP contribution in [0.1, 0.15) is 45.4 Å². The Morgan fingerprint density at radius 3 is 2.67 bits per heavy atom. The van der Waals surface area contributed by atoms with Gasteiger partial charge >= 0.3 is 0 Å². The summed E-state index contributed by atoms with van der Waals surface area (Å²) in [5.41, 5.74) is -0.312. The number of nitrogens with zero attached hydrogens (tertiary/aromatic N) is 3. The first-order valence-corrected chi connectivity index (χ1v) is 8.57. The van der Waals surface area contributed by atoms with Crippen molar-refractivity contribution in [1.29, 1.82) is 5.26 Å². The highest BCUT2D eigenvalue weighted by Gasteiger charge is 2.31. The number of likely N-dealkylation sites (tertiary alicyclic amines) is 1. The molecule has 2 fully saturated rings. The molecule has 0 aromatic heterocycles. The van der Waals surface area contributed by atoms with Crippen LogP contribution in [-0.4, -0.2) is 61.7 Å². The fraction of sp³-hybridized carbons (Fsp3) is 0.941. The summed E-state index contributed by atoms with van der Waals surface area (Å²) in [6.07, 6.45) is 7.14. The molecule has 120 valence electrons.